The molecule has 0 aromatic heterocycles. The first kappa shape index (κ1) is 17.8. The Morgan fingerprint density at radius 2 is 1.83 bits per heavy atom. The zero-order valence-corrected chi connectivity index (χ0v) is 13.4. The molecule has 0 aliphatic heterocycles. The quantitative estimate of drug-likeness (QED) is 0.653. The Hall–Kier alpha value is -0.170. The van der Waals surface area contributed by atoms with E-state index >= 15 is 0 Å². The lowest BCUT2D eigenvalue weighted by molar-refractivity contribution is 0.261. The van der Waals surface area contributed by atoms with Crippen molar-refractivity contribution in [1.29, 1.82) is 0 Å². The van der Waals surface area contributed by atoms with E-state index in [1.165, 1.54) is 4.31 Å². The fourth-order valence-corrected chi connectivity index (χ4v) is 2.30. The molecule has 0 aromatic carbocycles. The van der Waals surface area contributed by atoms with Gasteiger partial charge in [-0.25, -0.2) is 4.72 Å². The molecule has 2 N–H and O–H groups in total. The zero-order chi connectivity index (χ0) is 14.4. The maximum atomic E-state index is 12.0. The maximum absolute atomic E-state index is 12.0. The van der Waals surface area contributed by atoms with Crippen molar-refractivity contribution >= 4 is 10.2 Å². The Morgan fingerprint density at radius 3 is 2.28 bits per heavy atom. The summed E-state index contributed by atoms with van der Waals surface area (Å²) in [5, 5.41) is 3.00. The zero-order valence-electron chi connectivity index (χ0n) is 12.6. The molecule has 0 saturated heterocycles. The summed E-state index contributed by atoms with van der Waals surface area (Å²) in [5.74, 6) is 0.290. The van der Waals surface area contributed by atoms with Crippen molar-refractivity contribution in [2.45, 2.75) is 34.1 Å². The molecule has 0 amide bonds. The van der Waals surface area contributed by atoms with E-state index in [4.69, 9.17) is 0 Å². The maximum Gasteiger partial charge on any atom is 0.279 e. The van der Waals surface area contributed by atoms with E-state index in [-0.39, 0.29) is 11.3 Å². The second kappa shape index (κ2) is 7.43. The first-order valence-electron chi connectivity index (χ1n) is 6.46. The minimum Gasteiger partial charge on any atom is -0.320 e. The van der Waals surface area contributed by atoms with E-state index in [0.717, 1.165) is 13.0 Å². The molecule has 0 bridgehead atoms. The van der Waals surface area contributed by atoms with Crippen LogP contribution in [-0.4, -0.2) is 46.5 Å². The van der Waals surface area contributed by atoms with Crippen molar-refractivity contribution in [2.24, 2.45) is 11.3 Å². The van der Waals surface area contributed by atoms with Gasteiger partial charge in [-0.05, 0) is 31.3 Å². The van der Waals surface area contributed by atoms with E-state index in [2.05, 4.69) is 37.7 Å². The van der Waals surface area contributed by atoms with Crippen LogP contribution in [0.3, 0.4) is 0 Å². The minimum absolute atomic E-state index is 0.104. The van der Waals surface area contributed by atoms with Gasteiger partial charge in [-0.15, -0.1) is 0 Å². The molecular formula is C12H29N3O2S. The van der Waals surface area contributed by atoms with Crippen LogP contribution in [0.15, 0.2) is 0 Å². The molecule has 0 aliphatic carbocycles. The van der Waals surface area contributed by atoms with Gasteiger partial charge < -0.3 is 5.32 Å². The number of nitrogens with one attached hydrogen (secondary N) is 2. The largest absolute Gasteiger partial charge is 0.320 e. The number of hydrogen-bond acceptors (Lipinski definition) is 3. The second-order valence-corrected chi connectivity index (χ2v) is 7.76. The molecule has 0 aliphatic rings. The summed E-state index contributed by atoms with van der Waals surface area (Å²) in [6.45, 7) is 10.2. The fourth-order valence-electron chi connectivity index (χ4n) is 1.25. The summed E-state index contributed by atoms with van der Waals surface area (Å²) in [6, 6.07) is 0. The van der Waals surface area contributed by atoms with Gasteiger partial charge in [0.1, 0.15) is 0 Å². The topological polar surface area (TPSA) is 61.4 Å². The third kappa shape index (κ3) is 6.68. The summed E-state index contributed by atoms with van der Waals surface area (Å²) in [7, 11) is 0.129. The van der Waals surface area contributed by atoms with Crippen LogP contribution in [0, 0.1) is 11.3 Å². The molecule has 110 valence electrons. The molecule has 0 heterocycles. The molecule has 0 saturated carbocycles. The lowest BCUT2D eigenvalue weighted by atomic mass is 9.82. The number of nitrogens with zero attached hydrogens (tertiary/aromatic N) is 1. The van der Waals surface area contributed by atoms with E-state index in [1.807, 2.05) is 7.05 Å². The Labute approximate surface area is 113 Å². The van der Waals surface area contributed by atoms with E-state index in [0.29, 0.717) is 13.1 Å². The Balaban J connectivity index is 4.22. The summed E-state index contributed by atoms with van der Waals surface area (Å²) < 4.78 is 27.9. The number of hydrogen-bond donors (Lipinski definition) is 2. The summed E-state index contributed by atoms with van der Waals surface area (Å²) in [4.78, 5) is 0. The van der Waals surface area contributed by atoms with E-state index in [9.17, 15) is 8.42 Å². The predicted octanol–water partition coefficient (Wildman–Crippen LogP) is 1.04. The van der Waals surface area contributed by atoms with Gasteiger partial charge in [-0.3, -0.25) is 0 Å². The van der Waals surface area contributed by atoms with Crippen molar-refractivity contribution in [3.05, 3.63) is 0 Å². The molecule has 6 heteroatoms. The summed E-state index contributed by atoms with van der Waals surface area (Å²) >= 11 is 0. The summed E-state index contributed by atoms with van der Waals surface area (Å²) in [6.07, 6.45) is 0.808. The number of rotatable bonds is 8. The molecule has 0 aromatic rings. The van der Waals surface area contributed by atoms with Crippen molar-refractivity contribution in [3.8, 4) is 0 Å². The van der Waals surface area contributed by atoms with Crippen LogP contribution in [0.25, 0.3) is 0 Å². The van der Waals surface area contributed by atoms with Gasteiger partial charge in [0.25, 0.3) is 10.2 Å². The Bertz CT molecular complexity index is 323. The van der Waals surface area contributed by atoms with Crippen molar-refractivity contribution < 1.29 is 8.42 Å². The highest BCUT2D eigenvalue weighted by molar-refractivity contribution is 7.87. The van der Waals surface area contributed by atoms with Crippen LogP contribution >= 0.6 is 0 Å². The SMILES string of the molecule is CNCCCN(C)S(=O)(=O)NCC(C)C(C)(C)C. The highest BCUT2D eigenvalue weighted by Gasteiger charge is 2.23. The normalized spacial score (nSPS) is 15.1. The lowest BCUT2D eigenvalue weighted by Crippen LogP contribution is -2.42. The molecule has 0 spiro atoms. The Kier molecular flexibility index (Phi) is 7.36. The average molecular weight is 279 g/mol. The highest BCUT2D eigenvalue weighted by Crippen LogP contribution is 2.24. The van der Waals surface area contributed by atoms with Crippen LogP contribution in [0.2, 0.25) is 0 Å². The van der Waals surface area contributed by atoms with Crippen LogP contribution in [-0.2, 0) is 10.2 Å². The van der Waals surface area contributed by atoms with Gasteiger partial charge in [0.05, 0.1) is 0 Å². The molecule has 1 atom stereocenters. The van der Waals surface area contributed by atoms with Crippen LogP contribution in [0.1, 0.15) is 34.1 Å². The van der Waals surface area contributed by atoms with Crippen molar-refractivity contribution in [2.75, 3.05) is 33.7 Å². The Morgan fingerprint density at radius 1 is 1.28 bits per heavy atom. The predicted molar refractivity (Wildman–Crippen MR) is 76.7 cm³/mol. The van der Waals surface area contributed by atoms with Gasteiger partial charge in [0.2, 0.25) is 0 Å². The summed E-state index contributed by atoms with van der Waals surface area (Å²) in [5.41, 5.74) is 0.104. The van der Waals surface area contributed by atoms with Gasteiger partial charge in [-0.2, -0.15) is 12.7 Å². The smallest absolute Gasteiger partial charge is 0.279 e. The molecule has 1 unspecified atom stereocenters. The third-order valence-electron chi connectivity index (χ3n) is 3.36. The third-order valence-corrected chi connectivity index (χ3v) is 4.90. The lowest BCUT2D eigenvalue weighted by Gasteiger charge is -2.28. The molecule has 0 fully saturated rings. The molecule has 5 nitrogen and oxygen atoms in total. The minimum atomic E-state index is -3.34. The van der Waals surface area contributed by atoms with Crippen molar-refractivity contribution in [3.63, 3.8) is 0 Å². The van der Waals surface area contributed by atoms with E-state index in [1.54, 1.807) is 7.05 Å². The monoisotopic (exact) mass is 279 g/mol. The van der Waals surface area contributed by atoms with Gasteiger partial charge in [0, 0.05) is 20.1 Å². The van der Waals surface area contributed by atoms with Gasteiger partial charge >= 0.3 is 0 Å². The van der Waals surface area contributed by atoms with Gasteiger partial charge in [0.15, 0.2) is 0 Å². The molecule has 0 radical (unpaired) electrons. The fraction of sp³-hybridized carbons (Fsp3) is 1.00. The molecular weight excluding hydrogens is 250 g/mol. The van der Waals surface area contributed by atoms with Crippen molar-refractivity contribution in [1.82, 2.24) is 14.3 Å². The second-order valence-electron chi connectivity index (χ2n) is 5.90. The van der Waals surface area contributed by atoms with Gasteiger partial charge in [-0.1, -0.05) is 27.7 Å². The highest BCUT2D eigenvalue weighted by atomic mass is 32.2. The van der Waals surface area contributed by atoms with Crippen LogP contribution in [0.4, 0.5) is 0 Å². The average Bonchev–Trinajstić information content (AvgIpc) is 2.24. The van der Waals surface area contributed by atoms with Crippen LogP contribution < -0.4 is 10.0 Å². The van der Waals surface area contributed by atoms with Crippen LogP contribution in [0.5, 0.6) is 0 Å². The first-order chi connectivity index (χ1) is 8.11. The molecule has 0 rings (SSSR count). The first-order valence-corrected chi connectivity index (χ1v) is 7.90. The standard InChI is InChI=1S/C12H29N3O2S/c1-11(12(2,3)4)10-14-18(16,17)15(6)9-7-8-13-5/h11,13-14H,7-10H2,1-6H3. The molecule has 18 heavy (non-hydrogen) atoms. The van der Waals surface area contributed by atoms with E-state index < -0.39 is 10.2 Å².